The summed E-state index contributed by atoms with van der Waals surface area (Å²) >= 11 is 0. The number of nitrogens with zero attached hydrogens (tertiary/aromatic N) is 2. The number of hydrogen-bond donors (Lipinski definition) is 1. The summed E-state index contributed by atoms with van der Waals surface area (Å²) < 4.78 is 42.0. The SMILES string of the molecule is CCCNC(=O)[C@H](CC)N(Cc1cccc(C)c1)C(=O)CN(c1ccc(F)cc1)S(=O)(=O)c1ccccc1. The van der Waals surface area contributed by atoms with Crippen LogP contribution in [0.4, 0.5) is 10.1 Å². The summed E-state index contributed by atoms with van der Waals surface area (Å²) in [5.74, 6) is -1.37. The maximum Gasteiger partial charge on any atom is 0.264 e. The lowest BCUT2D eigenvalue weighted by molar-refractivity contribution is -0.140. The fraction of sp³-hybridized carbons (Fsp3) is 0.310. The minimum atomic E-state index is -4.18. The first-order valence-electron chi connectivity index (χ1n) is 12.6. The van der Waals surface area contributed by atoms with E-state index in [1.165, 1.54) is 29.2 Å². The van der Waals surface area contributed by atoms with Crippen molar-refractivity contribution >= 4 is 27.5 Å². The Morgan fingerprint density at radius 3 is 2.24 bits per heavy atom. The number of hydrogen-bond acceptors (Lipinski definition) is 4. The van der Waals surface area contributed by atoms with Crippen molar-refractivity contribution in [1.82, 2.24) is 10.2 Å². The molecule has 3 rings (SSSR count). The molecule has 2 amide bonds. The van der Waals surface area contributed by atoms with E-state index in [0.717, 1.165) is 34.0 Å². The number of anilines is 1. The van der Waals surface area contributed by atoms with Gasteiger partial charge in [-0.25, -0.2) is 12.8 Å². The van der Waals surface area contributed by atoms with Crippen molar-refractivity contribution in [2.24, 2.45) is 0 Å². The molecule has 9 heteroatoms. The van der Waals surface area contributed by atoms with E-state index in [1.807, 2.05) is 45.0 Å². The summed E-state index contributed by atoms with van der Waals surface area (Å²) in [6, 6.07) is 19.5. The number of benzene rings is 3. The van der Waals surface area contributed by atoms with Gasteiger partial charge in [0.2, 0.25) is 11.8 Å². The van der Waals surface area contributed by atoms with Gasteiger partial charge in [0, 0.05) is 13.1 Å². The van der Waals surface area contributed by atoms with Crippen LogP contribution in [0.25, 0.3) is 0 Å². The first-order valence-corrected chi connectivity index (χ1v) is 14.1. The quantitative estimate of drug-likeness (QED) is 0.363. The maximum absolute atomic E-state index is 13.9. The minimum absolute atomic E-state index is 0.00455. The van der Waals surface area contributed by atoms with Crippen LogP contribution in [-0.2, 0) is 26.2 Å². The lowest BCUT2D eigenvalue weighted by atomic mass is 10.1. The van der Waals surface area contributed by atoms with Gasteiger partial charge < -0.3 is 10.2 Å². The standard InChI is InChI=1S/C29H34FN3O4S/c1-4-18-31-29(35)27(5-2)32(20-23-11-9-10-22(3)19-23)28(34)21-33(25-16-14-24(30)15-17-25)38(36,37)26-12-7-6-8-13-26/h6-17,19,27H,4-5,18,20-21H2,1-3H3,(H,31,35)/t27-/m0/s1. The second-order valence-electron chi connectivity index (χ2n) is 9.03. The molecular formula is C29H34FN3O4S. The molecule has 0 aliphatic heterocycles. The highest BCUT2D eigenvalue weighted by Gasteiger charge is 2.33. The van der Waals surface area contributed by atoms with E-state index in [9.17, 15) is 22.4 Å². The molecule has 3 aromatic carbocycles. The van der Waals surface area contributed by atoms with Crippen molar-refractivity contribution in [2.75, 3.05) is 17.4 Å². The number of halogens is 1. The molecule has 0 fully saturated rings. The molecule has 0 aliphatic rings. The zero-order valence-corrected chi connectivity index (χ0v) is 22.7. The maximum atomic E-state index is 13.9. The number of aryl methyl sites for hydroxylation is 1. The molecule has 0 unspecified atom stereocenters. The van der Waals surface area contributed by atoms with Gasteiger partial charge in [0.15, 0.2) is 0 Å². The summed E-state index contributed by atoms with van der Waals surface area (Å²) in [7, 11) is -4.18. The number of sulfonamides is 1. The minimum Gasteiger partial charge on any atom is -0.354 e. The van der Waals surface area contributed by atoms with Gasteiger partial charge in [0.25, 0.3) is 10.0 Å². The molecule has 202 valence electrons. The average Bonchev–Trinajstić information content (AvgIpc) is 2.91. The molecule has 0 bridgehead atoms. The predicted octanol–water partition coefficient (Wildman–Crippen LogP) is 4.66. The first kappa shape index (κ1) is 28.8. The van der Waals surface area contributed by atoms with Crippen LogP contribution in [0.3, 0.4) is 0 Å². The Balaban J connectivity index is 2.03. The van der Waals surface area contributed by atoms with Crippen molar-refractivity contribution in [2.45, 2.75) is 51.1 Å². The second kappa shape index (κ2) is 13.2. The number of nitrogens with one attached hydrogen (secondary N) is 1. The predicted molar refractivity (Wildman–Crippen MR) is 146 cm³/mol. The molecule has 0 aromatic heterocycles. The van der Waals surface area contributed by atoms with Gasteiger partial charge in [0.05, 0.1) is 10.6 Å². The average molecular weight is 540 g/mol. The zero-order chi connectivity index (χ0) is 27.7. The molecule has 7 nitrogen and oxygen atoms in total. The molecule has 0 spiro atoms. The van der Waals surface area contributed by atoms with Crippen molar-refractivity contribution in [1.29, 1.82) is 0 Å². The highest BCUT2D eigenvalue weighted by molar-refractivity contribution is 7.92. The summed E-state index contributed by atoms with van der Waals surface area (Å²) in [5.41, 5.74) is 1.96. The van der Waals surface area contributed by atoms with Crippen molar-refractivity contribution in [3.05, 3.63) is 95.8 Å². The van der Waals surface area contributed by atoms with Crippen LogP contribution in [0.1, 0.15) is 37.8 Å². The normalized spacial score (nSPS) is 12.0. The monoisotopic (exact) mass is 539 g/mol. The van der Waals surface area contributed by atoms with E-state index in [4.69, 9.17) is 0 Å². The Morgan fingerprint density at radius 2 is 1.63 bits per heavy atom. The topological polar surface area (TPSA) is 86.8 Å². The number of rotatable bonds is 12. The number of carbonyl (C=O) groups is 2. The van der Waals surface area contributed by atoms with E-state index in [2.05, 4.69) is 5.32 Å². The summed E-state index contributed by atoms with van der Waals surface area (Å²) in [5, 5.41) is 2.86. The van der Waals surface area contributed by atoms with Crippen molar-refractivity contribution in [3.8, 4) is 0 Å². The number of carbonyl (C=O) groups excluding carboxylic acids is 2. The van der Waals surface area contributed by atoms with Gasteiger partial charge >= 0.3 is 0 Å². The molecule has 0 saturated carbocycles. The van der Waals surface area contributed by atoms with Gasteiger partial charge in [-0.2, -0.15) is 0 Å². The Hall–Kier alpha value is -3.72. The first-order chi connectivity index (χ1) is 18.2. The van der Waals surface area contributed by atoms with E-state index >= 15 is 0 Å². The Kier molecular flexibility index (Phi) is 10.0. The van der Waals surface area contributed by atoms with Gasteiger partial charge in [-0.15, -0.1) is 0 Å². The van der Waals surface area contributed by atoms with E-state index in [-0.39, 0.29) is 23.0 Å². The van der Waals surface area contributed by atoms with Gasteiger partial charge in [0.1, 0.15) is 18.4 Å². The van der Waals surface area contributed by atoms with Crippen LogP contribution in [0.15, 0.2) is 83.8 Å². The highest BCUT2D eigenvalue weighted by atomic mass is 32.2. The Labute approximate surface area is 224 Å². The summed E-state index contributed by atoms with van der Waals surface area (Å²) in [4.78, 5) is 28.4. The van der Waals surface area contributed by atoms with E-state index < -0.39 is 34.3 Å². The second-order valence-corrected chi connectivity index (χ2v) is 10.9. The Bertz CT molecular complexity index is 1330. The van der Waals surface area contributed by atoms with Crippen LogP contribution < -0.4 is 9.62 Å². The number of amides is 2. The molecule has 0 aliphatic carbocycles. The van der Waals surface area contributed by atoms with Gasteiger partial charge in [-0.05, 0) is 61.7 Å². The fourth-order valence-corrected chi connectivity index (χ4v) is 5.58. The molecule has 3 aromatic rings. The van der Waals surface area contributed by atoms with Crippen LogP contribution in [0.2, 0.25) is 0 Å². The molecule has 0 radical (unpaired) electrons. The molecule has 38 heavy (non-hydrogen) atoms. The fourth-order valence-electron chi connectivity index (χ4n) is 4.15. The third-order valence-corrected chi connectivity index (χ3v) is 7.88. The lowest BCUT2D eigenvalue weighted by Gasteiger charge is -2.33. The molecule has 1 N–H and O–H groups in total. The van der Waals surface area contributed by atoms with Gasteiger partial charge in [-0.3, -0.25) is 13.9 Å². The summed E-state index contributed by atoms with van der Waals surface area (Å²) in [6.07, 6.45) is 1.08. The van der Waals surface area contributed by atoms with Crippen molar-refractivity contribution in [3.63, 3.8) is 0 Å². The van der Waals surface area contributed by atoms with E-state index in [0.29, 0.717) is 13.0 Å². The summed E-state index contributed by atoms with van der Waals surface area (Å²) in [6.45, 7) is 5.71. The molecule has 0 heterocycles. The van der Waals surface area contributed by atoms with Gasteiger partial charge in [-0.1, -0.05) is 61.9 Å². The van der Waals surface area contributed by atoms with Crippen LogP contribution in [0, 0.1) is 12.7 Å². The van der Waals surface area contributed by atoms with Crippen LogP contribution >= 0.6 is 0 Å². The van der Waals surface area contributed by atoms with Crippen LogP contribution in [0.5, 0.6) is 0 Å². The molecule has 0 saturated heterocycles. The van der Waals surface area contributed by atoms with Crippen molar-refractivity contribution < 1.29 is 22.4 Å². The Morgan fingerprint density at radius 1 is 0.947 bits per heavy atom. The van der Waals surface area contributed by atoms with Crippen LogP contribution in [-0.4, -0.2) is 44.3 Å². The molecule has 1 atom stereocenters. The lowest BCUT2D eigenvalue weighted by Crippen LogP contribution is -2.52. The third-order valence-electron chi connectivity index (χ3n) is 6.10. The third kappa shape index (κ3) is 7.19. The van der Waals surface area contributed by atoms with E-state index in [1.54, 1.807) is 18.2 Å². The highest BCUT2D eigenvalue weighted by Crippen LogP contribution is 2.25. The smallest absolute Gasteiger partial charge is 0.264 e. The molecular weight excluding hydrogens is 505 g/mol. The largest absolute Gasteiger partial charge is 0.354 e. The zero-order valence-electron chi connectivity index (χ0n) is 21.9.